The maximum atomic E-state index is 11.2. The quantitative estimate of drug-likeness (QED) is 0.591. The van der Waals surface area contributed by atoms with Crippen LogP contribution in [0.1, 0.15) is 5.82 Å². The van der Waals surface area contributed by atoms with Crippen molar-refractivity contribution in [2.45, 2.75) is 11.9 Å². The van der Waals surface area contributed by atoms with Gasteiger partial charge in [-0.05, 0) is 7.05 Å². The first-order valence-corrected chi connectivity index (χ1v) is 4.94. The molecule has 1 rings (SSSR count). The molecule has 0 radical (unpaired) electrons. The third-order valence-corrected chi connectivity index (χ3v) is 3.03. The smallest absolute Gasteiger partial charge is 0.236 e. The highest BCUT2D eigenvalue weighted by molar-refractivity contribution is 7.89. The lowest BCUT2D eigenvalue weighted by Gasteiger charge is -1.91. The van der Waals surface area contributed by atoms with Crippen molar-refractivity contribution in [3.05, 3.63) is 12.0 Å². The maximum absolute atomic E-state index is 11.2. The van der Waals surface area contributed by atoms with E-state index < -0.39 is 10.0 Å². The molecule has 1 heterocycles. The molecular formula is C6H12N3O2S+. The van der Waals surface area contributed by atoms with Gasteiger partial charge in [-0.1, -0.05) is 0 Å². The van der Waals surface area contributed by atoms with Gasteiger partial charge in [0, 0.05) is 6.92 Å². The number of sulfonamides is 1. The van der Waals surface area contributed by atoms with E-state index in [-0.39, 0.29) is 5.03 Å². The van der Waals surface area contributed by atoms with Crippen LogP contribution >= 0.6 is 0 Å². The second kappa shape index (κ2) is 2.87. The minimum Gasteiger partial charge on any atom is -0.236 e. The van der Waals surface area contributed by atoms with E-state index in [0.717, 1.165) is 5.82 Å². The van der Waals surface area contributed by atoms with Crippen LogP contribution in [0, 0.1) is 6.92 Å². The molecule has 0 aliphatic carbocycles. The third kappa shape index (κ3) is 1.49. The highest BCUT2D eigenvalue weighted by atomic mass is 32.2. The summed E-state index contributed by atoms with van der Waals surface area (Å²) < 4.78 is 26.4. The van der Waals surface area contributed by atoms with Gasteiger partial charge in [0.15, 0.2) is 6.20 Å². The summed E-state index contributed by atoms with van der Waals surface area (Å²) in [6.07, 6.45) is 1.53. The lowest BCUT2D eigenvalue weighted by molar-refractivity contribution is -0.677. The molecule has 12 heavy (non-hydrogen) atoms. The lowest BCUT2D eigenvalue weighted by Crippen LogP contribution is -2.28. The molecule has 6 heteroatoms. The molecule has 0 fully saturated rings. The Morgan fingerprint density at radius 1 is 1.58 bits per heavy atom. The maximum Gasteiger partial charge on any atom is 0.281 e. The van der Waals surface area contributed by atoms with Crippen molar-refractivity contribution in [2.75, 3.05) is 7.05 Å². The molecular weight excluding hydrogens is 178 g/mol. The van der Waals surface area contributed by atoms with E-state index in [1.165, 1.54) is 13.2 Å². The molecule has 0 atom stereocenters. The first-order chi connectivity index (χ1) is 5.47. The van der Waals surface area contributed by atoms with Crippen LogP contribution in [0.4, 0.5) is 0 Å². The standard InChI is InChI=1S/C6H11N3O2S/c1-5-8-6(4-9(5)3)12(10,11)7-2/h4,7H,1-3H3/p+1. The van der Waals surface area contributed by atoms with Crippen LogP contribution in [0.25, 0.3) is 0 Å². The van der Waals surface area contributed by atoms with Crippen LogP contribution < -0.4 is 9.29 Å². The van der Waals surface area contributed by atoms with Crippen molar-refractivity contribution in [3.63, 3.8) is 0 Å². The molecule has 0 amide bonds. The number of hydrogen-bond donors (Lipinski definition) is 2. The van der Waals surface area contributed by atoms with Crippen molar-refractivity contribution in [2.24, 2.45) is 7.05 Å². The fourth-order valence-electron chi connectivity index (χ4n) is 0.818. The van der Waals surface area contributed by atoms with Gasteiger partial charge in [0.1, 0.15) is 0 Å². The average Bonchev–Trinajstić information content (AvgIpc) is 2.33. The fraction of sp³-hybridized carbons (Fsp3) is 0.500. The van der Waals surface area contributed by atoms with Crippen molar-refractivity contribution in [1.82, 2.24) is 9.71 Å². The molecule has 0 bridgehead atoms. The predicted octanol–water partition coefficient (Wildman–Crippen LogP) is -0.944. The summed E-state index contributed by atoms with van der Waals surface area (Å²) in [6.45, 7) is 1.80. The summed E-state index contributed by atoms with van der Waals surface area (Å²) in [5, 5.41) is 0.185. The van der Waals surface area contributed by atoms with Crippen LogP contribution in [-0.2, 0) is 17.1 Å². The van der Waals surface area contributed by atoms with Crippen molar-refractivity contribution in [1.29, 1.82) is 0 Å². The van der Waals surface area contributed by atoms with Gasteiger partial charge in [-0.3, -0.25) is 0 Å². The Hall–Kier alpha value is -0.880. The number of nitrogens with one attached hydrogen (secondary N) is 2. The van der Waals surface area contributed by atoms with Gasteiger partial charge in [0.2, 0.25) is 0 Å². The Morgan fingerprint density at radius 3 is 2.50 bits per heavy atom. The number of aromatic amines is 1. The second-order valence-corrected chi connectivity index (χ2v) is 4.38. The van der Waals surface area contributed by atoms with Gasteiger partial charge in [-0.25, -0.2) is 22.7 Å². The second-order valence-electron chi connectivity index (χ2n) is 2.52. The molecule has 1 aromatic rings. The molecule has 0 saturated carbocycles. The molecule has 5 nitrogen and oxygen atoms in total. The van der Waals surface area contributed by atoms with Gasteiger partial charge in [0.05, 0.1) is 7.05 Å². The Labute approximate surface area is 71.5 Å². The van der Waals surface area contributed by atoms with E-state index >= 15 is 0 Å². The van der Waals surface area contributed by atoms with Gasteiger partial charge in [-0.2, -0.15) is 0 Å². The summed E-state index contributed by atoms with van der Waals surface area (Å²) in [4.78, 5) is 2.75. The van der Waals surface area contributed by atoms with Crippen molar-refractivity contribution >= 4 is 10.0 Å². The number of H-pyrrole nitrogens is 1. The first kappa shape index (κ1) is 9.21. The molecule has 1 aromatic heterocycles. The van der Waals surface area contributed by atoms with Gasteiger partial charge < -0.3 is 0 Å². The van der Waals surface area contributed by atoms with E-state index in [2.05, 4.69) is 9.71 Å². The monoisotopic (exact) mass is 190 g/mol. The Bertz CT molecular complexity index is 360. The van der Waals surface area contributed by atoms with Crippen LogP contribution in [-0.4, -0.2) is 20.4 Å². The summed E-state index contributed by atoms with van der Waals surface area (Å²) in [5.41, 5.74) is 0. The van der Waals surface area contributed by atoms with Crippen LogP contribution in [0.15, 0.2) is 11.2 Å². The zero-order valence-corrected chi connectivity index (χ0v) is 8.07. The fourth-order valence-corrected chi connectivity index (χ4v) is 1.62. The summed E-state index contributed by atoms with van der Waals surface area (Å²) in [6, 6.07) is 0. The van der Waals surface area contributed by atoms with Gasteiger partial charge in [-0.15, -0.1) is 0 Å². The SMILES string of the molecule is CNS(=O)(=O)c1c[n+](C)c(C)[nH]1. The molecule has 68 valence electrons. The van der Waals surface area contributed by atoms with Gasteiger partial charge >= 0.3 is 0 Å². The number of aromatic nitrogens is 2. The van der Waals surface area contributed by atoms with E-state index in [4.69, 9.17) is 0 Å². The Balaban J connectivity index is 3.22. The number of rotatable bonds is 2. The minimum absolute atomic E-state index is 0.185. The van der Waals surface area contributed by atoms with E-state index in [1.807, 2.05) is 0 Å². The molecule has 0 spiro atoms. The predicted molar refractivity (Wildman–Crippen MR) is 43.0 cm³/mol. The van der Waals surface area contributed by atoms with Crippen LogP contribution in [0.2, 0.25) is 0 Å². The third-order valence-electron chi connectivity index (χ3n) is 1.70. The summed E-state index contributed by atoms with van der Waals surface area (Å²) in [5.74, 6) is 0.795. The van der Waals surface area contributed by atoms with Crippen molar-refractivity contribution < 1.29 is 13.0 Å². The van der Waals surface area contributed by atoms with Crippen LogP contribution in [0.5, 0.6) is 0 Å². The minimum atomic E-state index is -3.33. The molecule has 0 unspecified atom stereocenters. The van der Waals surface area contributed by atoms with E-state index in [0.29, 0.717) is 0 Å². The molecule has 0 aromatic carbocycles. The number of imidazole rings is 1. The Kier molecular flexibility index (Phi) is 2.20. The van der Waals surface area contributed by atoms with Gasteiger partial charge in [0.25, 0.3) is 20.9 Å². The first-order valence-electron chi connectivity index (χ1n) is 3.46. The van der Waals surface area contributed by atoms with E-state index in [1.54, 1.807) is 18.5 Å². The van der Waals surface area contributed by atoms with Crippen molar-refractivity contribution in [3.8, 4) is 0 Å². The number of nitrogens with zero attached hydrogens (tertiary/aromatic N) is 1. The molecule has 2 N–H and O–H groups in total. The van der Waals surface area contributed by atoms with Crippen LogP contribution in [0.3, 0.4) is 0 Å². The average molecular weight is 190 g/mol. The largest absolute Gasteiger partial charge is 0.281 e. The summed E-state index contributed by atoms with van der Waals surface area (Å²) in [7, 11) is -0.167. The normalized spacial score (nSPS) is 11.9. The highest BCUT2D eigenvalue weighted by Crippen LogP contribution is 2.01. The number of aryl methyl sites for hydroxylation is 2. The highest BCUT2D eigenvalue weighted by Gasteiger charge is 2.20. The lowest BCUT2D eigenvalue weighted by atomic mass is 10.7. The topological polar surface area (TPSA) is 65.8 Å². The number of hydrogen-bond acceptors (Lipinski definition) is 2. The van der Waals surface area contributed by atoms with E-state index in [9.17, 15) is 8.42 Å². The summed E-state index contributed by atoms with van der Waals surface area (Å²) >= 11 is 0. The molecule has 0 aliphatic heterocycles. The zero-order chi connectivity index (χ0) is 9.35. The molecule has 0 aliphatic rings. The molecule has 0 saturated heterocycles. The Morgan fingerprint density at radius 2 is 2.17 bits per heavy atom. The zero-order valence-electron chi connectivity index (χ0n) is 7.25.